The molecule has 0 amide bonds. The molecule has 224 valence electrons. The largest absolute Gasteiger partial charge is 0.469 e. The number of nitrogens with zero attached hydrogens (tertiary/aromatic N) is 2. The minimum atomic E-state index is 0.900. The average Bonchev–Trinajstić information content (AvgIpc) is 3.56. The van der Waals surface area contributed by atoms with Crippen LogP contribution >= 0.6 is 0 Å². The second kappa shape index (κ2) is 23.0. The molecule has 0 saturated carbocycles. The number of imidazole rings is 1. The summed E-state index contributed by atoms with van der Waals surface area (Å²) in [6, 6.07) is 2.19. The van der Waals surface area contributed by atoms with Crippen LogP contribution in [-0.4, -0.2) is 16.2 Å². The summed E-state index contributed by atoms with van der Waals surface area (Å²) < 4.78 is 7.98. The third kappa shape index (κ3) is 15.6. The molecule has 0 saturated heterocycles. The number of aryl methyl sites for hydroxylation is 4. The summed E-state index contributed by atoms with van der Waals surface area (Å²) in [6.45, 7) is 7.73. The Morgan fingerprint density at radius 1 is 0.641 bits per heavy atom. The van der Waals surface area contributed by atoms with Gasteiger partial charge in [0.2, 0.25) is 0 Å². The molecule has 2 heterocycles. The van der Waals surface area contributed by atoms with Gasteiger partial charge in [-0.05, 0) is 50.2 Å². The summed E-state index contributed by atoms with van der Waals surface area (Å²) in [7, 11) is 0. The Morgan fingerprint density at radius 3 is 1.87 bits per heavy atom. The molecule has 0 bridgehead atoms. The van der Waals surface area contributed by atoms with E-state index >= 15 is 0 Å². The predicted molar refractivity (Wildman–Crippen MR) is 168 cm³/mol. The minimum Gasteiger partial charge on any atom is -0.469 e. The van der Waals surface area contributed by atoms with Crippen molar-refractivity contribution < 1.29 is 4.42 Å². The molecule has 2 aromatic heterocycles. The van der Waals surface area contributed by atoms with Gasteiger partial charge in [0, 0.05) is 19.4 Å². The molecule has 0 aliphatic rings. The van der Waals surface area contributed by atoms with Crippen molar-refractivity contribution in [3.05, 3.63) is 41.4 Å². The molecule has 0 radical (unpaired) electrons. The molecule has 2 N–H and O–H groups in total. The Balaban J connectivity index is 1.64. The smallest absolute Gasteiger partial charge is 0.129 e. The van der Waals surface area contributed by atoms with E-state index in [9.17, 15) is 0 Å². The lowest BCUT2D eigenvalue weighted by atomic mass is 10.0. The molecule has 0 fully saturated rings. The fraction of sp³-hybridized carbons (Fsp3) is 0.794. The first kappa shape index (κ1) is 33.5. The lowest BCUT2D eigenvalue weighted by Gasteiger charge is -2.12. The van der Waals surface area contributed by atoms with E-state index in [1.165, 1.54) is 133 Å². The van der Waals surface area contributed by atoms with E-state index in [0.29, 0.717) is 0 Å². The molecule has 0 unspecified atom stereocenters. The molecule has 0 aromatic carbocycles. The zero-order valence-corrected chi connectivity index (χ0v) is 26.0. The number of unbranched alkanes of at least 4 members (excludes halogenated alkanes) is 15. The molecule has 5 heteroatoms. The Kier molecular flexibility index (Phi) is 19.7. The third-order valence-electron chi connectivity index (χ3n) is 7.91. The van der Waals surface area contributed by atoms with Gasteiger partial charge in [-0.3, -0.25) is 5.53 Å². The van der Waals surface area contributed by atoms with Crippen molar-refractivity contribution in [1.82, 2.24) is 15.1 Å². The van der Waals surface area contributed by atoms with E-state index in [-0.39, 0.29) is 0 Å². The van der Waals surface area contributed by atoms with Crippen molar-refractivity contribution in [2.75, 3.05) is 12.1 Å². The first-order valence-corrected chi connectivity index (χ1v) is 16.9. The van der Waals surface area contributed by atoms with Gasteiger partial charge in [0.15, 0.2) is 0 Å². The molecule has 39 heavy (non-hydrogen) atoms. The molecule has 2 aromatic rings. The van der Waals surface area contributed by atoms with Crippen molar-refractivity contribution >= 4 is 0 Å². The van der Waals surface area contributed by atoms with E-state index in [1.54, 1.807) is 0 Å². The molecule has 2 rings (SSSR count). The van der Waals surface area contributed by atoms with Gasteiger partial charge in [-0.15, -0.1) is 0 Å². The monoisotopic (exact) mass is 542 g/mol. The van der Waals surface area contributed by atoms with E-state index in [0.717, 1.165) is 44.5 Å². The highest BCUT2D eigenvalue weighted by Gasteiger charge is 2.09. The number of rotatable bonds is 27. The molecule has 0 aliphatic carbocycles. The summed E-state index contributed by atoms with van der Waals surface area (Å²) in [5.74, 6) is 2.34. The molecular formula is C34H62N4O. The van der Waals surface area contributed by atoms with Crippen molar-refractivity contribution in [3.8, 4) is 0 Å². The third-order valence-corrected chi connectivity index (χ3v) is 7.91. The maximum Gasteiger partial charge on any atom is 0.129 e. The summed E-state index contributed by atoms with van der Waals surface area (Å²) in [6.07, 6.45) is 33.5. The van der Waals surface area contributed by atoms with E-state index in [4.69, 9.17) is 9.40 Å². The highest BCUT2D eigenvalue weighted by Crippen LogP contribution is 2.17. The van der Waals surface area contributed by atoms with Crippen LogP contribution in [0.5, 0.6) is 0 Å². The van der Waals surface area contributed by atoms with Crippen LogP contribution in [0, 0.1) is 0 Å². The van der Waals surface area contributed by atoms with E-state index < -0.39 is 0 Å². The quantitative estimate of drug-likeness (QED) is 0.0871. The number of furan rings is 1. The number of nitrogens with one attached hydrogen (secondary N) is 2. The first-order chi connectivity index (χ1) is 19.3. The van der Waals surface area contributed by atoms with Crippen LogP contribution in [0.25, 0.3) is 0 Å². The summed E-state index contributed by atoms with van der Waals surface area (Å²) >= 11 is 0. The van der Waals surface area contributed by atoms with Crippen LogP contribution in [0.4, 0.5) is 0 Å². The van der Waals surface area contributed by atoms with Crippen LogP contribution in [0.1, 0.15) is 166 Å². The summed E-state index contributed by atoms with van der Waals surface area (Å²) in [4.78, 5) is 4.97. The minimum absolute atomic E-state index is 0.900. The maximum absolute atomic E-state index is 5.85. The number of hydrogen-bond acceptors (Lipinski definition) is 4. The molecule has 0 aliphatic heterocycles. The average molecular weight is 543 g/mol. The second-order valence-corrected chi connectivity index (χ2v) is 11.6. The fourth-order valence-electron chi connectivity index (χ4n) is 5.40. The molecule has 0 atom stereocenters. The lowest BCUT2D eigenvalue weighted by Crippen LogP contribution is -2.32. The van der Waals surface area contributed by atoms with Gasteiger partial charge in [0.1, 0.15) is 11.6 Å². The maximum atomic E-state index is 5.85. The zero-order chi connectivity index (χ0) is 27.8. The summed E-state index contributed by atoms with van der Waals surface area (Å²) in [5, 5.41) is 0. The topological polar surface area (TPSA) is 55.0 Å². The van der Waals surface area contributed by atoms with Gasteiger partial charge >= 0.3 is 0 Å². The van der Waals surface area contributed by atoms with E-state index in [1.807, 2.05) is 6.26 Å². The Labute approximate surface area is 241 Å². The number of hydrogen-bond donors (Lipinski definition) is 2. The fourth-order valence-corrected chi connectivity index (χ4v) is 5.40. The van der Waals surface area contributed by atoms with Gasteiger partial charge in [0.25, 0.3) is 0 Å². The molecular weight excluding hydrogens is 480 g/mol. The lowest BCUT2D eigenvalue weighted by molar-refractivity contribution is 0.489. The van der Waals surface area contributed by atoms with Gasteiger partial charge in [-0.25, -0.2) is 15.1 Å². The van der Waals surface area contributed by atoms with Crippen LogP contribution in [0.3, 0.4) is 0 Å². The van der Waals surface area contributed by atoms with Crippen molar-refractivity contribution in [2.24, 2.45) is 0 Å². The Hall–Kier alpha value is -1.75. The van der Waals surface area contributed by atoms with Crippen LogP contribution in [-0.2, 0) is 25.7 Å². The second-order valence-electron chi connectivity index (χ2n) is 11.6. The Morgan fingerprint density at radius 2 is 1.21 bits per heavy atom. The summed E-state index contributed by atoms with van der Waals surface area (Å²) in [5.41, 5.74) is 9.49. The number of aromatic nitrogens is 2. The van der Waals surface area contributed by atoms with Crippen LogP contribution in [0.2, 0.25) is 0 Å². The van der Waals surface area contributed by atoms with Gasteiger partial charge in [-0.1, -0.05) is 117 Å². The predicted octanol–water partition coefficient (Wildman–Crippen LogP) is 9.87. The van der Waals surface area contributed by atoms with Crippen LogP contribution in [0.15, 0.2) is 22.9 Å². The van der Waals surface area contributed by atoms with Gasteiger partial charge in [0.05, 0.1) is 18.2 Å². The molecule has 0 spiro atoms. The first-order valence-electron chi connectivity index (χ1n) is 16.9. The Bertz CT molecular complexity index is 812. The van der Waals surface area contributed by atoms with Gasteiger partial charge < -0.3 is 4.42 Å². The zero-order valence-electron chi connectivity index (χ0n) is 26.0. The highest BCUT2D eigenvalue weighted by atomic mass is 16.3. The van der Waals surface area contributed by atoms with Crippen molar-refractivity contribution in [1.29, 1.82) is 0 Å². The molecule has 5 nitrogen and oxygen atoms in total. The van der Waals surface area contributed by atoms with Gasteiger partial charge in [-0.2, -0.15) is 0 Å². The SMILES string of the molecule is CCCCCCCCCCCCc1ccoc1CCCNNn1cc(CCCCCC)nc1CCCCCC. The van der Waals surface area contributed by atoms with E-state index in [2.05, 4.69) is 48.7 Å². The highest BCUT2D eigenvalue weighted by molar-refractivity contribution is 5.17. The normalized spacial score (nSPS) is 11.5. The van der Waals surface area contributed by atoms with Crippen molar-refractivity contribution in [3.63, 3.8) is 0 Å². The van der Waals surface area contributed by atoms with Crippen LogP contribution < -0.4 is 11.0 Å². The van der Waals surface area contributed by atoms with Crippen molar-refractivity contribution in [2.45, 2.75) is 168 Å². The standard InChI is InChI=1S/C34H62N4O/c1-4-7-10-13-14-15-16-17-18-19-23-31-27-29-39-33(31)25-22-28-35-37-38-30-32(24-20-11-8-5-2)36-34(38)26-21-12-9-6-3/h27,29-30,35,37H,4-26,28H2,1-3H3. The number of hydrazine groups is 1.